The second-order valence-electron chi connectivity index (χ2n) is 4.66. The van der Waals surface area contributed by atoms with Gasteiger partial charge in [0.05, 0.1) is 11.7 Å². The van der Waals surface area contributed by atoms with Crippen LogP contribution >= 0.6 is 0 Å². The van der Waals surface area contributed by atoms with Gasteiger partial charge in [-0.3, -0.25) is 5.10 Å². The van der Waals surface area contributed by atoms with Gasteiger partial charge in [0.2, 0.25) is 0 Å². The third-order valence-corrected chi connectivity index (χ3v) is 3.26. The molecule has 0 spiro atoms. The Balaban J connectivity index is 1.61. The monoisotopic (exact) mass is 260 g/mol. The summed E-state index contributed by atoms with van der Waals surface area (Å²) in [6.45, 7) is 1.43. The Morgan fingerprint density at radius 1 is 1.37 bits per heavy atom. The first-order valence-electron chi connectivity index (χ1n) is 6.40. The van der Waals surface area contributed by atoms with Crippen molar-refractivity contribution in [2.75, 3.05) is 18.5 Å². The molecule has 0 unspecified atom stereocenters. The van der Waals surface area contributed by atoms with E-state index in [0.717, 1.165) is 29.4 Å². The lowest BCUT2D eigenvalue weighted by Gasteiger charge is -2.23. The largest absolute Gasteiger partial charge is 0.381 e. The molecular weight excluding hydrogens is 244 g/mol. The van der Waals surface area contributed by atoms with E-state index in [4.69, 9.17) is 4.74 Å². The predicted octanol–water partition coefficient (Wildman–Crippen LogP) is 1.86. The van der Waals surface area contributed by atoms with Gasteiger partial charge in [0, 0.05) is 30.3 Å². The first-order chi connectivity index (χ1) is 9.31. The van der Waals surface area contributed by atoms with Crippen molar-refractivity contribution in [3.05, 3.63) is 24.4 Å². The molecule has 2 heterocycles. The maximum Gasteiger partial charge on any atom is 0.319 e. The van der Waals surface area contributed by atoms with Gasteiger partial charge < -0.3 is 15.4 Å². The minimum absolute atomic E-state index is 0.175. The molecule has 1 aliphatic heterocycles. The van der Waals surface area contributed by atoms with Crippen LogP contribution in [0.15, 0.2) is 24.4 Å². The highest BCUT2D eigenvalue weighted by atomic mass is 16.5. The molecule has 1 aromatic carbocycles. The lowest BCUT2D eigenvalue weighted by Crippen LogP contribution is -2.41. The Hall–Kier alpha value is -2.08. The van der Waals surface area contributed by atoms with Gasteiger partial charge >= 0.3 is 6.03 Å². The number of carbonyl (C=O) groups is 1. The highest BCUT2D eigenvalue weighted by Crippen LogP contribution is 2.16. The molecule has 1 fully saturated rings. The maximum absolute atomic E-state index is 11.9. The van der Waals surface area contributed by atoms with Gasteiger partial charge in [0.25, 0.3) is 0 Å². The fourth-order valence-electron chi connectivity index (χ4n) is 2.21. The van der Waals surface area contributed by atoms with Gasteiger partial charge in [-0.2, -0.15) is 5.10 Å². The number of aromatic nitrogens is 2. The standard InChI is InChI=1S/C13H16N4O2/c18-13(15-10-3-5-19-6-4-10)16-11-2-1-9-8-14-17-12(9)7-11/h1-2,7-8,10H,3-6H2,(H,14,17)(H2,15,16,18). The second kappa shape index (κ2) is 5.27. The molecule has 1 aromatic heterocycles. The number of carbonyl (C=O) groups excluding carboxylic acids is 1. The minimum Gasteiger partial charge on any atom is -0.381 e. The van der Waals surface area contributed by atoms with E-state index in [9.17, 15) is 4.79 Å². The van der Waals surface area contributed by atoms with Crippen LogP contribution in [0.2, 0.25) is 0 Å². The summed E-state index contributed by atoms with van der Waals surface area (Å²) in [6.07, 6.45) is 3.49. The molecular formula is C13H16N4O2. The number of amides is 2. The van der Waals surface area contributed by atoms with E-state index < -0.39 is 0 Å². The Morgan fingerprint density at radius 3 is 3.05 bits per heavy atom. The number of ether oxygens (including phenoxy) is 1. The summed E-state index contributed by atoms with van der Waals surface area (Å²) in [5.74, 6) is 0. The van der Waals surface area contributed by atoms with Gasteiger partial charge in [0.15, 0.2) is 0 Å². The molecule has 1 saturated heterocycles. The maximum atomic E-state index is 11.9. The van der Waals surface area contributed by atoms with Gasteiger partial charge in [-0.25, -0.2) is 4.79 Å². The molecule has 0 aliphatic carbocycles. The minimum atomic E-state index is -0.175. The van der Waals surface area contributed by atoms with E-state index in [1.165, 1.54) is 0 Å². The van der Waals surface area contributed by atoms with Crippen LogP contribution in [0.5, 0.6) is 0 Å². The molecule has 1 aliphatic rings. The van der Waals surface area contributed by atoms with Crippen LogP contribution in [0.3, 0.4) is 0 Å². The molecule has 3 rings (SSSR count). The summed E-state index contributed by atoms with van der Waals surface area (Å²) in [6, 6.07) is 5.67. The molecule has 3 N–H and O–H groups in total. The number of anilines is 1. The van der Waals surface area contributed by atoms with Crippen molar-refractivity contribution in [1.29, 1.82) is 0 Å². The molecule has 2 amide bonds. The van der Waals surface area contributed by atoms with Crippen molar-refractivity contribution >= 4 is 22.6 Å². The van der Waals surface area contributed by atoms with E-state index in [0.29, 0.717) is 13.2 Å². The molecule has 0 bridgehead atoms. The van der Waals surface area contributed by atoms with Crippen LogP contribution in [0, 0.1) is 0 Å². The summed E-state index contributed by atoms with van der Waals surface area (Å²) < 4.78 is 5.26. The van der Waals surface area contributed by atoms with Crippen LogP contribution in [0.1, 0.15) is 12.8 Å². The van der Waals surface area contributed by atoms with Gasteiger partial charge in [0.1, 0.15) is 0 Å². The summed E-state index contributed by atoms with van der Waals surface area (Å²) >= 11 is 0. The number of H-pyrrole nitrogens is 1. The number of hydrogen-bond acceptors (Lipinski definition) is 3. The van der Waals surface area contributed by atoms with Crippen molar-refractivity contribution < 1.29 is 9.53 Å². The van der Waals surface area contributed by atoms with E-state index in [-0.39, 0.29) is 12.1 Å². The topological polar surface area (TPSA) is 79.0 Å². The molecule has 6 heteroatoms. The van der Waals surface area contributed by atoms with Crippen molar-refractivity contribution in [2.45, 2.75) is 18.9 Å². The zero-order valence-electron chi connectivity index (χ0n) is 10.5. The number of nitrogens with one attached hydrogen (secondary N) is 3. The van der Waals surface area contributed by atoms with Crippen LogP contribution in [-0.2, 0) is 4.74 Å². The lowest BCUT2D eigenvalue weighted by molar-refractivity contribution is 0.0806. The number of nitrogens with zero attached hydrogens (tertiary/aromatic N) is 1. The Kier molecular flexibility index (Phi) is 3.33. The number of urea groups is 1. The fraction of sp³-hybridized carbons (Fsp3) is 0.385. The average Bonchev–Trinajstić information content (AvgIpc) is 2.87. The number of hydrogen-bond donors (Lipinski definition) is 3. The third-order valence-electron chi connectivity index (χ3n) is 3.26. The smallest absolute Gasteiger partial charge is 0.319 e. The molecule has 100 valence electrons. The number of rotatable bonds is 2. The number of aromatic amines is 1. The second-order valence-corrected chi connectivity index (χ2v) is 4.66. The average molecular weight is 260 g/mol. The van der Waals surface area contributed by atoms with E-state index >= 15 is 0 Å². The highest BCUT2D eigenvalue weighted by Gasteiger charge is 2.15. The van der Waals surface area contributed by atoms with E-state index in [1.54, 1.807) is 6.20 Å². The van der Waals surface area contributed by atoms with Crippen molar-refractivity contribution in [3.8, 4) is 0 Å². The SMILES string of the molecule is O=C(Nc1ccc2cn[nH]c2c1)NC1CCOCC1. The van der Waals surface area contributed by atoms with Crippen molar-refractivity contribution in [1.82, 2.24) is 15.5 Å². The molecule has 0 atom stereocenters. The first kappa shape index (κ1) is 12.0. The summed E-state index contributed by atoms with van der Waals surface area (Å²) in [5, 5.41) is 13.6. The molecule has 0 radical (unpaired) electrons. The quantitative estimate of drug-likeness (QED) is 0.771. The van der Waals surface area contributed by atoms with Gasteiger partial charge in [-0.05, 0) is 31.0 Å². The molecule has 0 saturated carbocycles. The highest BCUT2D eigenvalue weighted by molar-refractivity contribution is 5.92. The summed E-state index contributed by atoms with van der Waals surface area (Å²) in [4.78, 5) is 11.9. The van der Waals surface area contributed by atoms with Crippen LogP contribution < -0.4 is 10.6 Å². The number of fused-ring (bicyclic) bond motifs is 1. The van der Waals surface area contributed by atoms with E-state index in [1.807, 2.05) is 18.2 Å². The van der Waals surface area contributed by atoms with Crippen LogP contribution in [-0.4, -0.2) is 35.5 Å². The van der Waals surface area contributed by atoms with E-state index in [2.05, 4.69) is 20.8 Å². The lowest BCUT2D eigenvalue weighted by atomic mass is 10.1. The van der Waals surface area contributed by atoms with Crippen LogP contribution in [0.25, 0.3) is 10.9 Å². The summed E-state index contributed by atoms with van der Waals surface area (Å²) in [7, 11) is 0. The van der Waals surface area contributed by atoms with Crippen molar-refractivity contribution in [2.24, 2.45) is 0 Å². The Bertz CT molecular complexity index is 575. The molecule has 2 aromatic rings. The third kappa shape index (κ3) is 2.85. The zero-order chi connectivity index (χ0) is 13.1. The zero-order valence-corrected chi connectivity index (χ0v) is 10.5. The van der Waals surface area contributed by atoms with Gasteiger partial charge in [-0.1, -0.05) is 0 Å². The predicted molar refractivity (Wildman–Crippen MR) is 72.1 cm³/mol. The molecule has 6 nitrogen and oxygen atoms in total. The van der Waals surface area contributed by atoms with Crippen LogP contribution in [0.4, 0.5) is 10.5 Å². The first-order valence-corrected chi connectivity index (χ1v) is 6.40. The summed E-state index contributed by atoms with van der Waals surface area (Å²) in [5.41, 5.74) is 1.66. The normalized spacial score (nSPS) is 16.4. The Morgan fingerprint density at radius 2 is 2.21 bits per heavy atom. The fourth-order valence-corrected chi connectivity index (χ4v) is 2.21. The van der Waals surface area contributed by atoms with Crippen molar-refractivity contribution in [3.63, 3.8) is 0 Å². The Labute approximate surface area is 110 Å². The number of benzene rings is 1. The van der Waals surface area contributed by atoms with Gasteiger partial charge in [-0.15, -0.1) is 0 Å². The molecule has 19 heavy (non-hydrogen) atoms.